The van der Waals surface area contributed by atoms with Crippen LogP contribution in [0, 0.1) is 0 Å². The summed E-state index contributed by atoms with van der Waals surface area (Å²) in [5.74, 6) is 0.657. The van der Waals surface area contributed by atoms with E-state index in [2.05, 4.69) is 4.99 Å². The fraction of sp³-hybridized carbons (Fsp3) is 0.462. The molecule has 0 saturated carbocycles. The summed E-state index contributed by atoms with van der Waals surface area (Å²) in [6, 6.07) is 5.64. The number of halogens is 3. The van der Waals surface area contributed by atoms with E-state index in [4.69, 9.17) is 5.73 Å². The van der Waals surface area contributed by atoms with Gasteiger partial charge in [-0.15, -0.1) is 0 Å². The van der Waals surface area contributed by atoms with E-state index in [0.717, 1.165) is 25.3 Å². The molecule has 5 heteroatoms. The number of hydrogen-bond acceptors (Lipinski definition) is 2. The molecule has 0 bridgehead atoms. The summed E-state index contributed by atoms with van der Waals surface area (Å²) >= 11 is 0. The van der Waals surface area contributed by atoms with E-state index < -0.39 is 11.7 Å². The van der Waals surface area contributed by atoms with Crippen LogP contribution in [0.2, 0.25) is 0 Å². The Kier molecular flexibility index (Phi) is 3.59. The summed E-state index contributed by atoms with van der Waals surface area (Å²) in [5, 5.41) is 0. The van der Waals surface area contributed by atoms with Crippen LogP contribution in [-0.2, 0) is 12.6 Å². The highest BCUT2D eigenvalue weighted by atomic mass is 19.4. The van der Waals surface area contributed by atoms with Gasteiger partial charge in [0.05, 0.1) is 17.4 Å². The Hall–Kier alpha value is -1.52. The smallest absolute Gasteiger partial charge is 0.387 e. The van der Waals surface area contributed by atoms with Crippen molar-refractivity contribution in [2.45, 2.75) is 37.9 Å². The van der Waals surface area contributed by atoms with Crippen LogP contribution in [0.1, 0.15) is 30.4 Å². The van der Waals surface area contributed by atoms with E-state index in [1.807, 2.05) is 0 Å². The lowest BCUT2D eigenvalue weighted by molar-refractivity contribution is -0.137. The number of nitrogens with zero attached hydrogens (tertiary/aromatic N) is 1. The molecule has 1 atom stereocenters. The Morgan fingerprint density at radius 3 is 2.72 bits per heavy atom. The third kappa shape index (κ3) is 3.24. The highest BCUT2D eigenvalue weighted by Crippen LogP contribution is 2.30. The summed E-state index contributed by atoms with van der Waals surface area (Å²) in [5.41, 5.74) is 5.69. The van der Waals surface area contributed by atoms with Gasteiger partial charge in [0.25, 0.3) is 0 Å². The van der Waals surface area contributed by atoms with Crippen molar-refractivity contribution < 1.29 is 13.2 Å². The molecule has 2 nitrogen and oxygen atoms in total. The minimum Gasteiger partial charge on any atom is -0.387 e. The molecule has 2 N–H and O–H groups in total. The third-order valence-corrected chi connectivity index (χ3v) is 3.10. The second-order valence-electron chi connectivity index (χ2n) is 4.55. The summed E-state index contributed by atoms with van der Waals surface area (Å²) in [4.78, 5) is 4.25. The Bertz CT molecular complexity index is 452. The zero-order valence-corrected chi connectivity index (χ0v) is 9.87. The maximum atomic E-state index is 12.5. The van der Waals surface area contributed by atoms with E-state index >= 15 is 0 Å². The molecule has 0 saturated heterocycles. The van der Waals surface area contributed by atoms with E-state index in [1.165, 1.54) is 12.1 Å². The van der Waals surface area contributed by atoms with Gasteiger partial charge in [-0.25, -0.2) is 0 Å². The number of nitrogens with two attached hydrogens (primary N) is 1. The number of amidine groups is 1. The van der Waals surface area contributed by atoms with Gasteiger partial charge in [0, 0.05) is 6.42 Å². The van der Waals surface area contributed by atoms with Crippen LogP contribution in [0.15, 0.2) is 29.3 Å². The van der Waals surface area contributed by atoms with Crippen LogP contribution >= 0.6 is 0 Å². The molecular formula is C13H15F3N2. The van der Waals surface area contributed by atoms with Crippen LogP contribution in [0.3, 0.4) is 0 Å². The van der Waals surface area contributed by atoms with Crippen molar-refractivity contribution in [2.75, 3.05) is 0 Å². The van der Waals surface area contributed by atoms with Gasteiger partial charge in [-0.1, -0.05) is 18.2 Å². The van der Waals surface area contributed by atoms with Crippen LogP contribution in [-0.4, -0.2) is 11.9 Å². The first-order valence-electron chi connectivity index (χ1n) is 5.93. The number of rotatable bonds is 3. The zero-order valence-electron chi connectivity index (χ0n) is 9.87. The molecule has 2 rings (SSSR count). The van der Waals surface area contributed by atoms with Gasteiger partial charge in [0.1, 0.15) is 0 Å². The van der Waals surface area contributed by atoms with Gasteiger partial charge in [-0.3, -0.25) is 4.99 Å². The first kappa shape index (κ1) is 12.9. The van der Waals surface area contributed by atoms with Gasteiger partial charge in [-0.05, 0) is 30.9 Å². The fourth-order valence-electron chi connectivity index (χ4n) is 2.12. The zero-order chi connectivity index (χ0) is 13.2. The Morgan fingerprint density at radius 1 is 1.33 bits per heavy atom. The van der Waals surface area contributed by atoms with Gasteiger partial charge in [0.2, 0.25) is 0 Å². The molecule has 1 aliphatic rings. The maximum Gasteiger partial charge on any atom is 0.416 e. The highest BCUT2D eigenvalue weighted by molar-refractivity contribution is 5.82. The lowest BCUT2D eigenvalue weighted by Gasteiger charge is -2.10. The molecule has 0 fully saturated rings. The van der Waals surface area contributed by atoms with Crippen molar-refractivity contribution >= 4 is 5.84 Å². The maximum absolute atomic E-state index is 12.5. The predicted molar refractivity (Wildman–Crippen MR) is 64.4 cm³/mol. The molecule has 1 aliphatic heterocycles. The molecule has 1 heterocycles. The minimum atomic E-state index is -4.27. The molecule has 1 aromatic rings. The average molecular weight is 256 g/mol. The van der Waals surface area contributed by atoms with Crippen LogP contribution in [0.5, 0.6) is 0 Å². The average Bonchev–Trinajstić information content (AvgIpc) is 2.72. The minimum absolute atomic E-state index is 0.166. The molecule has 98 valence electrons. The number of benzene rings is 1. The van der Waals surface area contributed by atoms with Crippen LogP contribution < -0.4 is 5.73 Å². The lowest BCUT2D eigenvalue weighted by Crippen LogP contribution is -2.07. The summed E-state index contributed by atoms with van der Waals surface area (Å²) < 4.78 is 37.6. The highest BCUT2D eigenvalue weighted by Gasteiger charge is 2.30. The SMILES string of the molecule is NC1=N[C@@H](CCc2cccc(C(F)(F)F)c2)CC1. The molecular weight excluding hydrogens is 241 g/mol. The largest absolute Gasteiger partial charge is 0.416 e. The van der Waals surface area contributed by atoms with Crippen molar-refractivity contribution in [3.63, 3.8) is 0 Å². The summed E-state index contributed by atoms with van der Waals surface area (Å²) in [6.45, 7) is 0. The van der Waals surface area contributed by atoms with E-state index in [1.54, 1.807) is 6.07 Å². The second kappa shape index (κ2) is 5.00. The Labute approximate surface area is 104 Å². The Balaban J connectivity index is 1.98. The van der Waals surface area contributed by atoms with Crippen molar-refractivity contribution in [3.8, 4) is 0 Å². The standard InChI is InChI=1S/C13H15F3N2/c14-13(15,16)10-3-1-2-9(8-10)4-5-11-6-7-12(17)18-11/h1-3,8,11H,4-7H2,(H2,17,18)/t11-/m0/s1. The number of alkyl halides is 3. The predicted octanol–water partition coefficient (Wildman–Crippen LogP) is 3.16. The molecule has 1 aromatic carbocycles. The number of aliphatic imine (C=N–C) groups is 1. The molecule has 18 heavy (non-hydrogen) atoms. The second-order valence-corrected chi connectivity index (χ2v) is 4.55. The summed E-state index contributed by atoms with van der Waals surface area (Å²) in [7, 11) is 0. The fourth-order valence-corrected chi connectivity index (χ4v) is 2.12. The topological polar surface area (TPSA) is 38.4 Å². The molecule has 0 spiro atoms. The van der Waals surface area contributed by atoms with Crippen molar-refractivity contribution in [3.05, 3.63) is 35.4 Å². The lowest BCUT2D eigenvalue weighted by atomic mass is 10.0. The molecule has 0 unspecified atom stereocenters. The van der Waals surface area contributed by atoms with Gasteiger partial charge in [0.15, 0.2) is 0 Å². The molecule has 0 aliphatic carbocycles. The first-order valence-corrected chi connectivity index (χ1v) is 5.93. The van der Waals surface area contributed by atoms with Gasteiger partial charge >= 0.3 is 6.18 Å². The monoisotopic (exact) mass is 256 g/mol. The third-order valence-electron chi connectivity index (χ3n) is 3.10. The molecule has 0 radical (unpaired) electrons. The Morgan fingerprint density at radius 2 is 2.11 bits per heavy atom. The summed E-state index contributed by atoms with van der Waals surface area (Å²) in [6.07, 6.45) is -1.21. The van der Waals surface area contributed by atoms with E-state index in [-0.39, 0.29) is 6.04 Å². The van der Waals surface area contributed by atoms with E-state index in [9.17, 15) is 13.2 Å². The quantitative estimate of drug-likeness (QED) is 0.886. The van der Waals surface area contributed by atoms with Gasteiger partial charge in [-0.2, -0.15) is 13.2 Å². The van der Waals surface area contributed by atoms with Crippen molar-refractivity contribution in [1.82, 2.24) is 0 Å². The normalized spacial score (nSPS) is 19.9. The number of aryl methyl sites for hydroxylation is 1. The molecule has 0 amide bonds. The van der Waals surface area contributed by atoms with Crippen LogP contribution in [0.25, 0.3) is 0 Å². The molecule has 0 aromatic heterocycles. The number of hydrogen-bond donors (Lipinski definition) is 1. The van der Waals surface area contributed by atoms with Crippen molar-refractivity contribution in [2.24, 2.45) is 10.7 Å². The van der Waals surface area contributed by atoms with Gasteiger partial charge < -0.3 is 5.73 Å². The van der Waals surface area contributed by atoms with E-state index in [0.29, 0.717) is 17.8 Å². The van der Waals surface area contributed by atoms with Crippen molar-refractivity contribution in [1.29, 1.82) is 0 Å². The van der Waals surface area contributed by atoms with Crippen LogP contribution in [0.4, 0.5) is 13.2 Å². The first-order chi connectivity index (χ1) is 8.45.